The van der Waals surface area contributed by atoms with Gasteiger partial charge in [-0.15, -0.1) is 0 Å². The molecule has 1 aromatic rings. The van der Waals surface area contributed by atoms with Crippen LogP contribution >= 0.6 is 38.5 Å². The Kier molecular flexibility index (Phi) is 3.16. The van der Waals surface area contributed by atoms with Crippen LogP contribution in [0.4, 0.5) is 5.69 Å². The molecule has 1 aromatic carbocycles. The molecule has 0 aromatic heterocycles. The van der Waals surface area contributed by atoms with E-state index in [-0.39, 0.29) is 0 Å². The first-order chi connectivity index (χ1) is 5.24. The summed E-state index contributed by atoms with van der Waals surface area (Å²) >= 11 is 5.46. The van der Waals surface area contributed by atoms with Crippen molar-refractivity contribution >= 4 is 44.2 Å². The third kappa shape index (κ3) is 2.36. The van der Waals surface area contributed by atoms with Crippen LogP contribution in [-0.2, 0) is 0 Å². The SMILES string of the molecule is [N-]=[N+]=Nc1ccc(I)cc1Br. The molecular weight excluding hydrogens is 321 g/mol. The van der Waals surface area contributed by atoms with E-state index in [4.69, 9.17) is 5.53 Å². The van der Waals surface area contributed by atoms with Gasteiger partial charge in [-0.25, -0.2) is 0 Å². The molecule has 0 fully saturated rings. The minimum atomic E-state index is 0.618. The summed E-state index contributed by atoms with van der Waals surface area (Å²) in [5, 5.41) is 3.48. The Morgan fingerprint density at radius 2 is 2.27 bits per heavy atom. The molecule has 3 nitrogen and oxygen atoms in total. The van der Waals surface area contributed by atoms with Crippen molar-refractivity contribution in [3.63, 3.8) is 0 Å². The topological polar surface area (TPSA) is 48.8 Å². The maximum absolute atomic E-state index is 8.15. The second-order valence-electron chi connectivity index (χ2n) is 1.79. The van der Waals surface area contributed by atoms with E-state index < -0.39 is 0 Å². The molecule has 56 valence electrons. The van der Waals surface area contributed by atoms with E-state index in [0.29, 0.717) is 5.69 Å². The first kappa shape index (κ1) is 8.83. The van der Waals surface area contributed by atoms with Crippen molar-refractivity contribution < 1.29 is 0 Å². The lowest BCUT2D eigenvalue weighted by molar-refractivity contribution is 1.44. The summed E-state index contributed by atoms with van der Waals surface area (Å²) in [5.41, 5.74) is 8.77. The third-order valence-corrected chi connectivity index (χ3v) is 2.37. The first-order valence-electron chi connectivity index (χ1n) is 2.74. The van der Waals surface area contributed by atoms with Gasteiger partial charge in [0.15, 0.2) is 0 Å². The van der Waals surface area contributed by atoms with Crippen LogP contribution in [0.5, 0.6) is 0 Å². The zero-order valence-electron chi connectivity index (χ0n) is 5.33. The number of halogens is 2. The normalized spacial score (nSPS) is 8.91. The Bertz CT molecular complexity index is 320. The van der Waals surface area contributed by atoms with Gasteiger partial charge in [0, 0.05) is 13.0 Å². The minimum Gasteiger partial charge on any atom is -0.0596 e. The Balaban J connectivity index is 3.19. The molecule has 0 heterocycles. The monoisotopic (exact) mass is 323 g/mol. The fourth-order valence-corrected chi connectivity index (χ4v) is 1.99. The zero-order valence-corrected chi connectivity index (χ0v) is 9.07. The van der Waals surface area contributed by atoms with Crippen LogP contribution in [0.1, 0.15) is 0 Å². The maximum atomic E-state index is 8.15. The Labute approximate surface area is 85.7 Å². The molecule has 11 heavy (non-hydrogen) atoms. The molecule has 0 amide bonds. The molecule has 0 spiro atoms. The lowest BCUT2D eigenvalue weighted by Gasteiger charge is -1.95. The molecule has 0 aliphatic carbocycles. The van der Waals surface area contributed by atoms with Gasteiger partial charge < -0.3 is 0 Å². The molecular formula is C6H3BrIN3. The summed E-state index contributed by atoms with van der Waals surface area (Å²) in [5.74, 6) is 0. The van der Waals surface area contributed by atoms with Gasteiger partial charge in [0.05, 0.1) is 5.69 Å². The quantitative estimate of drug-likeness (QED) is 0.325. The van der Waals surface area contributed by atoms with Gasteiger partial charge in [-0.1, -0.05) is 27.1 Å². The average molecular weight is 324 g/mol. The largest absolute Gasteiger partial charge is 0.0596 e. The second kappa shape index (κ2) is 3.94. The smallest absolute Gasteiger partial charge is 0.0518 e. The highest BCUT2D eigenvalue weighted by atomic mass is 127. The van der Waals surface area contributed by atoms with Crippen LogP contribution in [0.2, 0.25) is 0 Å². The van der Waals surface area contributed by atoms with Crippen LogP contribution in [0, 0.1) is 3.57 Å². The van der Waals surface area contributed by atoms with E-state index in [1.54, 1.807) is 6.07 Å². The molecule has 0 bridgehead atoms. The van der Waals surface area contributed by atoms with Gasteiger partial charge in [0.1, 0.15) is 0 Å². The van der Waals surface area contributed by atoms with E-state index in [0.717, 1.165) is 8.04 Å². The highest BCUT2D eigenvalue weighted by Crippen LogP contribution is 2.26. The molecule has 0 saturated carbocycles. The number of benzene rings is 1. The van der Waals surface area contributed by atoms with Gasteiger partial charge in [0.2, 0.25) is 0 Å². The Morgan fingerprint density at radius 1 is 1.55 bits per heavy atom. The van der Waals surface area contributed by atoms with E-state index in [2.05, 4.69) is 48.5 Å². The van der Waals surface area contributed by atoms with E-state index in [1.807, 2.05) is 12.1 Å². The number of hydrogen-bond donors (Lipinski definition) is 0. The van der Waals surface area contributed by atoms with E-state index in [9.17, 15) is 0 Å². The van der Waals surface area contributed by atoms with Gasteiger partial charge >= 0.3 is 0 Å². The second-order valence-corrected chi connectivity index (χ2v) is 3.89. The average Bonchev–Trinajstić information content (AvgIpc) is 1.95. The van der Waals surface area contributed by atoms with Gasteiger partial charge in [-0.2, -0.15) is 0 Å². The van der Waals surface area contributed by atoms with Crippen molar-refractivity contribution in [1.82, 2.24) is 0 Å². The Hall–Kier alpha value is -0.260. The summed E-state index contributed by atoms with van der Waals surface area (Å²) < 4.78 is 1.92. The van der Waals surface area contributed by atoms with Crippen LogP contribution in [0.15, 0.2) is 27.8 Å². The molecule has 0 atom stereocenters. The fourth-order valence-electron chi connectivity index (χ4n) is 0.611. The molecule has 0 radical (unpaired) electrons. The lowest BCUT2D eigenvalue weighted by atomic mass is 10.3. The molecule has 5 heteroatoms. The minimum absolute atomic E-state index is 0.618. The molecule has 0 saturated heterocycles. The van der Waals surface area contributed by atoms with Crippen molar-refractivity contribution in [3.05, 3.63) is 36.7 Å². The van der Waals surface area contributed by atoms with Crippen LogP contribution in [0.25, 0.3) is 10.4 Å². The third-order valence-electron chi connectivity index (χ3n) is 1.06. The highest BCUT2D eigenvalue weighted by Gasteiger charge is 1.95. The van der Waals surface area contributed by atoms with Crippen LogP contribution in [-0.4, -0.2) is 0 Å². The molecule has 1 rings (SSSR count). The van der Waals surface area contributed by atoms with Crippen molar-refractivity contribution in [2.24, 2.45) is 5.11 Å². The fraction of sp³-hybridized carbons (Fsp3) is 0. The van der Waals surface area contributed by atoms with Crippen molar-refractivity contribution in [2.45, 2.75) is 0 Å². The van der Waals surface area contributed by atoms with Gasteiger partial charge in [0.25, 0.3) is 0 Å². The van der Waals surface area contributed by atoms with Crippen molar-refractivity contribution in [1.29, 1.82) is 0 Å². The van der Waals surface area contributed by atoms with E-state index in [1.165, 1.54) is 0 Å². The van der Waals surface area contributed by atoms with Gasteiger partial charge in [-0.3, -0.25) is 0 Å². The van der Waals surface area contributed by atoms with Crippen LogP contribution < -0.4 is 0 Å². The number of rotatable bonds is 1. The number of hydrogen-bond acceptors (Lipinski definition) is 1. The van der Waals surface area contributed by atoms with Crippen molar-refractivity contribution in [3.8, 4) is 0 Å². The summed E-state index contributed by atoms with van der Waals surface area (Å²) in [6.07, 6.45) is 0. The van der Waals surface area contributed by atoms with Gasteiger partial charge in [-0.05, 0) is 40.3 Å². The first-order valence-corrected chi connectivity index (χ1v) is 4.61. The standard InChI is InChI=1S/C6H3BrIN3/c7-5-3-4(8)1-2-6(5)10-11-9/h1-3H. The summed E-state index contributed by atoms with van der Waals surface area (Å²) in [6.45, 7) is 0. The molecule has 0 aliphatic heterocycles. The Morgan fingerprint density at radius 3 is 2.82 bits per heavy atom. The molecule has 0 unspecified atom stereocenters. The van der Waals surface area contributed by atoms with Crippen molar-refractivity contribution in [2.75, 3.05) is 0 Å². The molecule has 0 aliphatic rings. The number of nitrogens with zero attached hydrogens (tertiary/aromatic N) is 3. The predicted octanol–water partition coefficient (Wildman–Crippen LogP) is 4.00. The zero-order chi connectivity index (χ0) is 8.27. The lowest BCUT2D eigenvalue weighted by Crippen LogP contribution is -1.70. The highest BCUT2D eigenvalue weighted by molar-refractivity contribution is 14.1. The summed E-state index contributed by atoms with van der Waals surface area (Å²) in [6, 6.07) is 5.55. The summed E-state index contributed by atoms with van der Waals surface area (Å²) in [4.78, 5) is 2.69. The number of azide groups is 1. The van der Waals surface area contributed by atoms with Crippen LogP contribution in [0.3, 0.4) is 0 Å². The molecule has 0 N–H and O–H groups in total. The van der Waals surface area contributed by atoms with E-state index >= 15 is 0 Å². The maximum Gasteiger partial charge on any atom is 0.0518 e. The predicted molar refractivity (Wildman–Crippen MR) is 55.7 cm³/mol. The summed E-state index contributed by atoms with van der Waals surface area (Å²) in [7, 11) is 0.